The number of carbonyl (C=O) groups excluding carboxylic acids is 1. The van der Waals surface area contributed by atoms with Crippen molar-refractivity contribution in [1.29, 1.82) is 0 Å². The van der Waals surface area contributed by atoms with Gasteiger partial charge in [0.05, 0.1) is 18.2 Å². The van der Waals surface area contributed by atoms with Crippen LogP contribution in [0.5, 0.6) is 5.75 Å². The molecule has 1 saturated carbocycles. The first-order valence-electron chi connectivity index (χ1n) is 12.5. The number of aromatic nitrogens is 3. The number of carbonyl (C=O) groups is 1. The molecule has 0 unspecified atom stereocenters. The lowest BCUT2D eigenvalue weighted by molar-refractivity contribution is 0.100. The van der Waals surface area contributed by atoms with E-state index in [1.807, 2.05) is 10.6 Å². The molecule has 192 valence electrons. The van der Waals surface area contributed by atoms with E-state index in [-0.39, 0.29) is 28.6 Å². The van der Waals surface area contributed by atoms with Crippen LogP contribution < -0.4 is 15.5 Å². The number of hydrogen-bond donors (Lipinski definition) is 1. The molecular formula is C29H25FN4O4. The van der Waals surface area contributed by atoms with Crippen LogP contribution in [0.25, 0.3) is 33.3 Å². The van der Waals surface area contributed by atoms with E-state index in [4.69, 9.17) is 14.1 Å². The number of benzene rings is 2. The van der Waals surface area contributed by atoms with Crippen molar-refractivity contribution in [3.63, 3.8) is 0 Å². The number of methoxy groups -OCH3 is 1. The molecule has 3 heterocycles. The molecule has 0 saturated heterocycles. The quantitative estimate of drug-likeness (QED) is 0.262. The van der Waals surface area contributed by atoms with E-state index < -0.39 is 11.2 Å². The summed E-state index contributed by atoms with van der Waals surface area (Å²) in [5.41, 5.74) is 1.81. The number of anilines is 2. The van der Waals surface area contributed by atoms with E-state index in [9.17, 15) is 14.0 Å². The Kier molecular flexibility index (Phi) is 5.90. The number of nitrogens with zero attached hydrogens (tertiary/aromatic N) is 3. The third kappa shape index (κ3) is 4.09. The lowest BCUT2D eigenvalue weighted by Gasteiger charge is -2.16. The Morgan fingerprint density at radius 1 is 1.13 bits per heavy atom. The number of hydrogen-bond acceptors (Lipinski definition) is 7. The van der Waals surface area contributed by atoms with Crippen molar-refractivity contribution in [3.05, 3.63) is 76.5 Å². The molecule has 0 atom stereocenters. The fourth-order valence-corrected chi connectivity index (χ4v) is 5.18. The second kappa shape index (κ2) is 9.41. The maximum atomic E-state index is 14.9. The predicted octanol–water partition coefficient (Wildman–Crippen LogP) is 6.41. The Morgan fingerprint density at radius 3 is 2.61 bits per heavy atom. The monoisotopic (exact) mass is 512 g/mol. The van der Waals surface area contributed by atoms with E-state index in [0.717, 1.165) is 31.1 Å². The summed E-state index contributed by atoms with van der Waals surface area (Å²) in [6, 6.07) is 13.5. The SMILES string of the molecule is COc1ccc(-c2oc3cc(Nc4ncc5cc(C(C)=O)n(C6CCCC6)c5n4)ccc3c(=O)c2F)cc1. The van der Waals surface area contributed by atoms with Crippen LogP contribution in [0.4, 0.5) is 16.0 Å². The van der Waals surface area contributed by atoms with E-state index in [1.54, 1.807) is 49.5 Å². The topological polar surface area (TPSA) is 99.2 Å². The summed E-state index contributed by atoms with van der Waals surface area (Å²) in [5, 5.41) is 4.09. The molecule has 2 aromatic carbocycles. The Bertz CT molecular complexity index is 1750. The first-order chi connectivity index (χ1) is 18.4. The lowest BCUT2D eigenvalue weighted by Crippen LogP contribution is -2.12. The fourth-order valence-electron chi connectivity index (χ4n) is 5.18. The van der Waals surface area contributed by atoms with Crippen molar-refractivity contribution in [3.8, 4) is 17.1 Å². The van der Waals surface area contributed by atoms with Gasteiger partial charge in [-0.3, -0.25) is 9.59 Å². The number of nitrogens with one attached hydrogen (secondary N) is 1. The molecule has 5 aromatic rings. The normalized spacial score (nSPS) is 13.9. The van der Waals surface area contributed by atoms with Gasteiger partial charge < -0.3 is 19.0 Å². The van der Waals surface area contributed by atoms with Crippen LogP contribution in [-0.2, 0) is 0 Å². The number of fused-ring (bicyclic) bond motifs is 2. The van der Waals surface area contributed by atoms with Gasteiger partial charge >= 0.3 is 0 Å². The molecule has 0 aliphatic heterocycles. The molecule has 1 N–H and O–H groups in total. The van der Waals surface area contributed by atoms with Crippen molar-refractivity contribution in [2.75, 3.05) is 12.4 Å². The zero-order chi connectivity index (χ0) is 26.4. The summed E-state index contributed by atoms with van der Waals surface area (Å²) in [6.07, 6.45) is 5.96. The van der Waals surface area contributed by atoms with Crippen LogP contribution in [0.1, 0.15) is 49.1 Å². The van der Waals surface area contributed by atoms with Gasteiger partial charge in [-0.05, 0) is 55.3 Å². The Balaban J connectivity index is 1.39. The van der Waals surface area contributed by atoms with Gasteiger partial charge in [-0.25, -0.2) is 4.98 Å². The van der Waals surface area contributed by atoms with Crippen molar-refractivity contribution in [1.82, 2.24) is 14.5 Å². The highest BCUT2D eigenvalue weighted by Gasteiger charge is 2.24. The van der Waals surface area contributed by atoms with Gasteiger partial charge in [-0.2, -0.15) is 9.37 Å². The number of ketones is 1. The highest BCUT2D eigenvalue weighted by molar-refractivity contribution is 5.98. The van der Waals surface area contributed by atoms with Crippen LogP contribution >= 0.6 is 0 Å². The summed E-state index contributed by atoms with van der Waals surface area (Å²) < 4.78 is 28.0. The standard InChI is InChI=1S/C29H25FN4O4/c1-16(35)23-13-18-15-31-29(33-28(18)34(23)20-5-3-4-6-20)32-19-9-12-22-24(14-19)38-27(25(30)26(22)36)17-7-10-21(37-2)11-8-17/h7-15,20H,3-6H2,1-2H3,(H,31,32,33). The number of ether oxygens (including phenoxy) is 1. The van der Waals surface area contributed by atoms with Crippen molar-refractivity contribution in [2.45, 2.75) is 38.6 Å². The van der Waals surface area contributed by atoms with Gasteiger partial charge in [0.1, 0.15) is 17.0 Å². The Hall–Kier alpha value is -4.53. The van der Waals surface area contributed by atoms with Gasteiger partial charge in [-0.1, -0.05) is 12.8 Å². The van der Waals surface area contributed by atoms with Gasteiger partial charge in [-0.15, -0.1) is 0 Å². The molecule has 0 bridgehead atoms. The van der Waals surface area contributed by atoms with Crippen molar-refractivity contribution < 1.29 is 18.3 Å². The molecule has 1 aliphatic rings. The molecule has 3 aromatic heterocycles. The fraction of sp³-hybridized carbons (Fsp3) is 0.241. The zero-order valence-electron chi connectivity index (χ0n) is 21.0. The third-order valence-electron chi connectivity index (χ3n) is 7.07. The number of rotatable bonds is 6. The van der Waals surface area contributed by atoms with Gasteiger partial charge in [0, 0.05) is 41.9 Å². The molecule has 9 heteroatoms. The summed E-state index contributed by atoms with van der Waals surface area (Å²) >= 11 is 0. The molecule has 1 fully saturated rings. The van der Waals surface area contributed by atoms with Crippen LogP contribution in [0.15, 0.2) is 63.9 Å². The van der Waals surface area contributed by atoms with E-state index in [0.29, 0.717) is 34.3 Å². The van der Waals surface area contributed by atoms with Gasteiger partial charge in [0.25, 0.3) is 0 Å². The molecule has 0 radical (unpaired) electrons. The summed E-state index contributed by atoms with van der Waals surface area (Å²) in [5.74, 6) is -0.162. The highest BCUT2D eigenvalue weighted by atomic mass is 19.1. The number of halogens is 1. The van der Waals surface area contributed by atoms with Crippen molar-refractivity contribution >= 4 is 39.4 Å². The van der Waals surface area contributed by atoms with Gasteiger partial charge in [0.15, 0.2) is 11.5 Å². The maximum absolute atomic E-state index is 14.9. The minimum atomic E-state index is -0.953. The first-order valence-corrected chi connectivity index (χ1v) is 12.5. The minimum absolute atomic E-state index is 0.00568. The minimum Gasteiger partial charge on any atom is -0.497 e. The molecule has 0 amide bonds. The van der Waals surface area contributed by atoms with E-state index in [2.05, 4.69) is 10.3 Å². The largest absolute Gasteiger partial charge is 0.497 e. The van der Waals surface area contributed by atoms with Crippen LogP contribution in [0, 0.1) is 5.82 Å². The van der Waals surface area contributed by atoms with E-state index in [1.165, 1.54) is 13.2 Å². The number of Topliss-reactive ketones (excluding diaryl/α,β-unsaturated/α-hetero) is 1. The second-order valence-corrected chi connectivity index (χ2v) is 9.51. The molecule has 0 spiro atoms. The summed E-state index contributed by atoms with van der Waals surface area (Å²) in [7, 11) is 1.54. The average molecular weight is 513 g/mol. The zero-order valence-corrected chi connectivity index (χ0v) is 21.0. The molecule has 8 nitrogen and oxygen atoms in total. The summed E-state index contributed by atoms with van der Waals surface area (Å²) in [6.45, 7) is 1.57. The molecule has 38 heavy (non-hydrogen) atoms. The molecular weight excluding hydrogens is 487 g/mol. The second-order valence-electron chi connectivity index (χ2n) is 9.51. The summed E-state index contributed by atoms with van der Waals surface area (Å²) in [4.78, 5) is 34.3. The molecule has 1 aliphatic carbocycles. The van der Waals surface area contributed by atoms with Crippen molar-refractivity contribution in [2.24, 2.45) is 0 Å². The Labute approximate surface area is 217 Å². The van der Waals surface area contributed by atoms with Crippen LogP contribution in [0.3, 0.4) is 0 Å². The predicted molar refractivity (Wildman–Crippen MR) is 143 cm³/mol. The maximum Gasteiger partial charge on any atom is 0.229 e. The van der Waals surface area contributed by atoms with Crippen LogP contribution in [-0.4, -0.2) is 27.4 Å². The van der Waals surface area contributed by atoms with Gasteiger partial charge in [0.2, 0.25) is 17.2 Å². The third-order valence-corrected chi connectivity index (χ3v) is 7.07. The molecule has 6 rings (SSSR count). The Morgan fingerprint density at radius 2 is 1.89 bits per heavy atom. The first kappa shape index (κ1) is 23.8. The highest BCUT2D eigenvalue weighted by Crippen LogP contribution is 2.35. The van der Waals surface area contributed by atoms with Crippen LogP contribution in [0.2, 0.25) is 0 Å². The average Bonchev–Trinajstić information content (AvgIpc) is 3.58. The smallest absolute Gasteiger partial charge is 0.229 e. The van der Waals surface area contributed by atoms with E-state index >= 15 is 0 Å². The lowest BCUT2D eigenvalue weighted by atomic mass is 10.1.